The van der Waals surface area contributed by atoms with Gasteiger partial charge in [-0.3, -0.25) is 4.21 Å². The summed E-state index contributed by atoms with van der Waals surface area (Å²) in [6.45, 7) is 2.14. The average Bonchev–Trinajstić information content (AvgIpc) is 2.23. The van der Waals surface area contributed by atoms with Crippen molar-refractivity contribution in [3.05, 3.63) is 28.8 Å². The maximum absolute atomic E-state index is 11.7. The van der Waals surface area contributed by atoms with Crippen molar-refractivity contribution < 1.29 is 4.21 Å². The van der Waals surface area contributed by atoms with Crippen molar-refractivity contribution in [3.8, 4) is 0 Å². The second-order valence-corrected chi connectivity index (χ2v) is 5.83. The molecule has 0 aliphatic heterocycles. The van der Waals surface area contributed by atoms with Crippen molar-refractivity contribution in [2.24, 2.45) is 0 Å². The van der Waals surface area contributed by atoms with Gasteiger partial charge in [0, 0.05) is 33.0 Å². The second kappa shape index (κ2) is 6.92. The monoisotopic (exact) mass is 259 g/mol. The van der Waals surface area contributed by atoms with Crippen molar-refractivity contribution in [3.63, 3.8) is 0 Å². The van der Waals surface area contributed by atoms with Crippen LogP contribution in [0.15, 0.2) is 18.2 Å². The molecule has 0 amide bonds. The van der Waals surface area contributed by atoms with Gasteiger partial charge in [0.2, 0.25) is 0 Å². The summed E-state index contributed by atoms with van der Waals surface area (Å²) in [5, 5.41) is 0.615. The Morgan fingerprint density at radius 1 is 1.38 bits per heavy atom. The van der Waals surface area contributed by atoms with Gasteiger partial charge < -0.3 is 5.73 Å². The fourth-order valence-electron chi connectivity index (χ4n) is 1.44. The highest BCUT2D eigenvalue weighted by Crippen LogP contribution is 2.20. The van der Waals surface area contributed by atoms with Gasteiger partial charge in [-0.25, -0.2) is 0 Å². The van der Waals surface area contributed by atoms with E-state index >= 15 is 0 Å². The summed E-state index contributed by atoms with van der Waals surface area (Å²) in [4.78, 5) is 0. The number of unbranched alkanes of at least 4 members (excludes halogenated alkanes) is 2. The number of anilines is 1. The summed E-state index contributed by atoms with van der Waals surface area (Å²) in [6, 6.07) is 5.36. The lowest BCUT2D eigenvalue weighted by atomic mass is 10.2. The zero-order valence-electron chi connectivity index (χ0n) is 9.54. The minimum Gasteiger partial charge on any atom is -0.399 e. The van der Waals surface area contributed by atoms with E-state index in [1.165, 1.54) is 0 Å². The Labute approximate surface area is 105 Å². The summed E-state index contributed by atoms with van der Waals surface area (Å²) >= 11 is 6.02. The smallest absolute Gasteiger partial charge is 0.0500 e. The standard InChI is InChI=1S/C12H18ClNOS/c1-2-3-4-7-16(15)9-10-5-6-11(14)8-12(10)13/h5-6,8H,2-4,7,9,14H2,1H3. The molecule has 0 saturated carbocycles. The second-order valence-electron chi connectivity index (χ2n) is 3.85. The van der Waals surface area contributed by atoms with E-state index in [0.29, 0.717) is 16.5 Å². The van der Waals surface area contributed by atoms with Crippen molar-refractivity contribution in [2.75, 3.05) is 11.5 Å². The minimum absolute atomic E-state index is 0.531. The van der Waals surface area contributed by atoms with Gasteiger partial charge in [0.1, 0.15) is 0 Å². The largest absolute Gasteiger partial charge is 0.399 e. The molecule has 1 aromatic carbocycles. The number of benzene rings is 1. The Hall–Kier alpha value is -0.540. The Morgan fingerprint density at radius 2 is 2.12 bits per heavy atom. The van der Waals surface area contributed by atoms with Crippen LogP contribution in [0.1, 0.15) is 31.7 Å². The molecule has 16 heavy (non-hydrogen) atoms. The summed E-state index contributed by atoms with van der Waals surface area (Å²) in [6.07, 6.45) is 3.32. The maximum Gasteiger partial charge on any atom is 0.0500 e. The lowest BCUT2D eigenvalue weighted by Gasteiger charge is -2.05. The molecule has 2 N–H and O–H groups in total. The zero-order valence-corrected chi connectivity index (χ0v) is 11.1. The molecule has 1 atom stereocenters. The van der Waals surface area contributed by atoms with Crippen LogP contribution in [0.4, 0.5) is 5.69 Å². The molecule has 4 heteroatoms. The third-order valence-corrected chi connectivity index (χ3v) is 4.10. The summed E-state index contributed by atoms with van der Waals surface area (Å²) in [7, 11) is -0.815. The van der Waals surface area contributed by atoms with Crippen LogP contribution in [-0.4, -0.2) is 9.96 Å². The van der Waals surface area contributed by atoms with E-state index in [0.717, 1.165) is 30.6 Å². The first-order valence-electron chi connectivity index (χ1n) is 5.52. The summed E-state index contributed by atoms with van der Waals surface area (Å²) in [5.41, 5.74) is 7.16. The third kappa shape index (κ3) is 4.54. The fourth-order valence-corrected chi connectivity index (χ4v) is 3.04. The van der Waals surface area contributed by atoms with Gasteiger partial charge in [-0.05, 0) is 24.1 Å². The molecule has 0 bridgehead atoms. The third-order valence-electron chi connectivity index (χ3n) is 2.37. The van der Waals surface area contributed by atoms with E-state index in [1.54, 1.807) is 12.1 Å². The van der Waals surface area contributed by atoms with E-state index < -0.39 is 10.8 Å². The average molecular weight is 260 g/mol. The molecule has 0 saturated heterocycles. The number of nitrogen functional groups attached to an aromatic ring is 1. The van der Waals surface area contributed by atoms with Crippen LogP contribution in [0.3, 0.4) is 0 Å². The molecule has 0 spiro atoms. The molecule has 1 aromatic rings. The van der Waals surface area contributed by atoms with E-state index in [-0.39, 0.29) is 0 Å². The van der Waals surface area contributed by atoms with E-state index in [9.17, 15) is 4.21 Å². The predicted octanol–water partition coefficient (Wildman–Crippen LogP) is 3.36. The lowest BCUT2D eigenvalue weighted by molar-refractivity contribution is 0.676. The Balaban J connectivity index is 2.49. The highest BCUT2D eigenvalue weighted by Gasteiger charge is 2.05. The van der Waals surface area contributed by atoms with Gasteiger partial charge in [-0.15, -0.1) is 0 Å². The van der Waals surface area contributed by atoms with Gasteiger partial charge in [0.05, 0.1) is 0 Å². The fraction of sp³-hybridized carbons (Fsp3) is 0.500. The quantitative estimate of drug-likeness (QED) is 0.629. The number of rotatable bonds is 6. The van der Waals surface area contributed by atoms with E-state index in [2.05, 4.69) is 6.92 Å². The number of halogens is 1. The van der Waals surface area contributed by atoms with Gasteiger partial charge in [0.25, 0.3) is 0 Å². The van der Waals surface area contributed by atoms with Crippen LogP contribution in [0, 0.1) is 0 Å². The lowest BCUT2D eigenvalue weighted by Crippen LogP contribution is -2.02. The van der Waals surface area contributed by atoms with Gasteiger partial charge in [-0.1, -0.05) is 37.4 Å². The summed E-state index contributed by atoms with van der Waals surface area (Å²) in [5.74, 6) is 1.29. The van der Waals surface area contributed by atoms with Crippen molar-refractivity contribution in [2.45, 2.75) is 31.9 Å². The van der Waals surface area contributed by atoms with Crippen LogP contribution in [0.25, 0.3) is 0 Å². The molecule has 0 fully saturated rings. The number of nitrogens with two attached hydrogens (primary N) is 1. The van der Waals surface area contributed by atoms with Crippen LogP contribution in [0.5, 0.6) is 0 Å². The Morgan fingerprint density at radius 3 is 2.75 bits per heavy atom. The van der Waals surface area contributed by atoms with E-state index in [1.807, 2.05) is 6.07 Å². The van der Waals surface area contributed by atoms with Crippen molar-refractivity contribution in [1.29, 1.82) is 0 Å². The van der Waals surface area contributed by atoms with Crippen LogP contribution in [-0.2, 0) is 16.6 Å². The van der Waals surface area contributed by atoms with E-state index in [4.69, 9.17) is 17.3 Å². The zero-order chi connectivity index (χ0) is 12.0. The van der Waals surface area contributed by atoms with Gasteiger partial charge in [-0.2, -0.15) is 0 Å². The van der Waals surface area contributed by atoms with Gasteiger partial charge >= 0.3 is 0 Å². The number of hydrogen-bond acceptors (Lipinski definition) is 2. The minimum atomic E-state index is -0.815. The van der Waals surface area contributed by atoms with Crippen molar-refractivity contribution in [1.82, 2.24) is 0 Å². The molecule has 0 aliphatic carbocycles. The van der Waals surface area contributed by atoms with Crippen LogP contribution >= 0.6 is 11.6 Å². The molecule has 0 heterocycles. The molecular weight excluding hydrogens is 242 g/mol. The highest BCUT2D eigenvalue weighted by molar-refractivity contribution is 7.84. The SMILES string of the molecule is CCCCCS(=O)Cc1ccc(N)cc1Cl. The topological polar surface area (TPSA) is 43.1 Å². The molecule has 90 valence electrons. The van der Waals surface area contributed by atoms with Crippen molar-refractivity contribution >= 4 is 28.1 Å². The highest BCUT2D eigenvalue weighted by atomic mass is 35.5. The normalized spacial score (nSPS) is 12.6. The van der Waals surface area contributed by atoms with Crippen LogP contribution < -0.4 is 5.73 Å². The first-order valence-corrected chi connectivity index (χ1v) is 7.39. The number of hydrogen-bond donors (Lipinski definition) is 1. The molecule has 0 aliphatic rings. The molecule has 1 rings (SSSR count). The molecule has 0 aromatic heterocycles. The molecular formula is C12H18ClNOS. The van der Waals surface area contributed by atoms with Gasteiger partial charge in [0.15, 0.2) is 0 Å². The first kappa shape index (κ1) is 13.5. The molecule has 1 unspecified atom stereocenters. The Bertz CT molecular complexity index is 368. The molecule has 0 radical (unpaired) electrons. The Kier molecular flexibility index (Phi) is 5.85. The predicted molar refractivity (Wildman–Crippen MR) is 72.1 cm³/mol. The maximum atomic E-state index is 11.7. The summed E-state index contributed by atoms with van der Waals surface area (Å²) < 4.78 is 11.7. The van der Waals surface area contributed by atoms with Crippen LogP contribution in [0.2, 0.25) is 5.02 Å². The molecule has 2 nitrogen and oxygen atoms in total. The first-order chi connectivity index (χ1) is 7.63.